The lowest BCUT2D eigenvalue weighted by molar-refractivity contribution is 0.0586. The van der Waals surface area contributed by atoms with Crippen LogP contribution in [0.2, 0.25) is 0 Å². The van der Waals surface area contributed by atoms with Crippen LogP contribution in [0.5, 0.6) is 34.5 Å². The molecule has 12 rings (SSSR count). The number of aryl methyl sites for hydroxylation is 1. The first kappa shape index (κ1) is 51.2. The summed E-state index contributed by atoms with van der Waals surface area (Å²) < 4.78 is 27.2. The number of para-hydroxylation sites is 3. The van der Waals surface area contributed by atoms with Crippen molar-refractivity contribution in [2.45, 2.75) is 65.4 Å². The number of hydrogen-bond acceptors (Lipinski definition) is 7. The Morgan fingerprint density at radius 3 is 1.79 bits per heavy atom. The minimum atomic E-state index is -0.736. The minimum absolute atomic E-state index is 0.423. The average molecular weight is 1050 g/mol. The molecular weight excluding hydrogens is 985 g/mol. The van der Waals surface area contributed by atoms with Crippen molar-refractivity contribution < 1.29 is 23.7 Å². The molecule has 7 heteroatoms. The summed E-state index contributed by atoms with van der Waals surface area (Å²) in [6, 6.07) is 70.7. The molecule has 3 aliphatic rings. The van der Waals surface area contributed by atoms with E-state index in [1.807, 2.05) is 48.5 Å². The molecule has 2 heterocycles. The number of carbonyl (C=O) groups is 1. The number of benzene rings is 9. The molecule has 0 radical (unpaired) electrons. The highest BCUT2D eigenvalue weighted by atomic mass is 16.6. The topological polar surface area (TPSA) is 60.5 Å². The number of rotatable bonds is 14. The second kappa shape index (κ2) is 21.3. The van der Waals surface area contributed by atoms with E-state index in [0.29, 0.717) is 46.5 Å². The molecular formula is C73H62N2O5. The molecule has 0 fully saturated rings. The highest BCUT2D eigenvalue weighted by Crippen LogP contribution is 2.51. The zero-order valence-electron chi connectivity index (χ0n) is 45.9. The third kappa shape index (κ3) is 9.77. The summed E-state index contributed by atoms with van der Waals surface area (Å²) in [4.78, 5) is 17.6. The Labute approximate surface area is 469 Å². The van der Waals surface area contributed by atoms with Crippen LogP contribution in [0.15, 0.2) is 248 Å². The molecule has 0 saturated carbocycles. The van der Waals surface area contributed by atoms with E-state index in [-0.39, 0.29) is 0 Å². The fraction of sp³-hybridized carbons (Fsp3) is 0.137. The Balaban J connectivity index is 0.931. The van der Waals surface area contributed by atoms with Crippen molar-refractivity contribution in [3.8, 4) is 56.8 Å². The molecule has 2 aliphatic heterocycles. The summed E-state index contributed by atoms with van der Waals surface area (Å²) >= 11 is 0. The highest BCUT2D eigenvalue weighted by molar-refractivity contribution is 5.88. The smallest absolute Gasteiger partial charge is 0.172 e. The number of ether oxygens (including phenoxy) is 4. The van der Waals surface area contributed by atoms with Crippen molar-refractivity contribution in [1.82, 2.24) is 0 Å². The van der Waals surface area contributed by atoms with Crippen LogP contribution < -0.4 is 28.7 Å². The Kier molecular flexibility index (Phi) is 13.6. The van der Waals surface area contributed by atoms with E-state index in [2.05, 4.69) is 239 Å². The van der Waals surface area contributed by atoms with E-state index in [9.17, 15) is 4.79 Å². The van der Waals surface area contributed by atoms with Crippen LogP contribution in [-0.4, -0.2) is 11.9 Å². The maximum Gasteiger partial charge on any atom is 0.172 e. The number of anilines is 5. The quantitative estimate of drug-likeness (QED) is 0.0794. The molecule has 0 bridgehead atoms. The molecule has 9 aromatic carbocycles. The molecule has 0 amide bonds. The molecule has 0 saturated heterocycles. The Bertz CT molecular complexity index is 3910. The van der Waals surface area contributed by atoms with E-state index in [0.717, 1.165) is 91.6 Å². The van der Waals surface area contributed by atoms with Crippen LogP contribution in [-0.2, 0) is 5.41 Å². The molecule has 0 spiro atoms. The van der Waals surface area contributed by atoms with Gasteiger partial charge in [0.05, 0.1) is 11.4 Å². The lowest BCUT2D eigenvalue weighted by atomic mass is 9.74. The van der Waals surface area contributed by atoms with Gasteiger partial charge in [0.1, 0.15) is 12.0 Å². The number of fused-ring (bicyclic) bond motifs is 4. The standard InChI is InChI=1S/C73H62N2O5/c1-7-9-22-57(8-2)74(58-23-13-10-14-24-58)61-32-36-66-69(46-61)78-68-44-51(31-35-65(68)77-66)54-41-53(50-30-34-64(56(40-50)48-76)72(4,5)63-29-20-19-21-49(63)3)42-55(43-54)52-38-39-73(6)71(45-52)79-70-47-62(33-37-67(70)80-73)75(59-25-15-11-16-26-59)60-27-17-12-18-28-60/h8-38,40-48H,7,39H2,1-6H3/b22-9-,57-8+. The molecule has 0 aromatic heterocycles. The number of carbonyl (C=O) groups excluding carboxylic acids is 1. The molecule has 9 aromatic rings. The number of allylic oxidation sites excluding steroid dienone is 5. The van der Waals surface area contributed by atoms with Crippen molar-refractivity contribution in [2.75, 3.05) is 9.80 Å². The first-order valence-electron chi connectivity index (χ1n) is 27.5. The fourth-order valence-electron chi connectivity index (χ4n) is 11.4. The number of hydrogen-bond donors (Lipinski definition) is 0. The van der Waals surface area contributed by atoms with Gasteiger partial charge in [0.25, 0.3) is 0 Å². The lowest BCUT2D eigenvalue weighted by Crippen LogP contribution is -2.40. The van der Waals surface area contributed by atoms with Gasteiger partial charge in [-0.1, -0.05) is 136 Å². The van der Waals surface area contributed by atoms with Crippen LogP contribution in [0.3, 0.4) is 0 Å². The average Bonchev–Trinajstić information content (AvgIpc) is 3.61. The monoisotopic (exact) mass is 1050 g/mol. The van der Waals surface area contributed by atoms with E-state index in [1.54, 1.807) is 0 Å². The minimum Gasteiger partial charge on any atom is -0.475 e. The SMILES string of the molecule is C/C=C(\C=C/CC)N(c1ccccc1)c1ccc2c(c1)Oc1cc(-c3cc(C4=CCC5(C)Oc6ccc(N(c7ccccc7)c7ccccc7)cc6OC5=C4)cc(-c4ccc(C(C)(C)c5ccccc5C)c(C=O)c4)c3)ccc1O2. The summed E-state index contributed by atoms with van der Waals surface area (Å²) in [7, 11) is 0. The Morgan fingerprint density at radius 1 is 0.550 bits per heavy atom. The zero-order valence-corrected chi connectivity index (χ0v) is 45.9. The zero-order chi connectivity index (χ0) is 55.0. The van der Waals surface area contributed by atoms with Crippen LogP contribution in [0.25, 0.3) is 27.8 Å². The first-order chi connectivity index (χ1) is 39.0. The Morgan fingerprint density at radius 2 is 1.11 bits per heavy atom. The van der Waals surface area contributed by atoms with E-state index >= 15 is 0 Å². The predicted octanol–water partition coefficient (Wildman–Crippen LogP) is 19.7. The molecule has 7 nitrogen and oxygen atoms in total. The van der Waals surface area contributed by atoms with Gasteiger partial charge in [-0.3, -0.25) is 4.79 Å². The van der Waals surface area contributed by atoms with Gasteiger partial charge < -0.3 is 28.7 Å². The van der Waals surface area contributed by atoms with Crippen molar-refractivity contribution in [3.05, 3.63) is 276 Å². The Hall–Kier alpha value is -9.59. The summed E-state index contributed by atoms with van der Waals surface area (Å²) in [5.41, 5.74) is 14.6. The maximum absolute atomic E-state index is 13.2. The van der Waals surface area contributed by atoms with Crippen molar-refractivity contribution in [1.29, 1.82) is 0 Å². The van der Waals surface area contributed by atoms with Gasteiger partial charge in [-0.25, -0.2) is 0 Å². The first-order valence-corrected chi connectivity index (χ1v) is 27.5. The largest absolute Gasteiger partial charge is 0.475 e. The molecule has 0 N–H and O–H groups in total. The van der Waals surface area contributed by atoms with Crippen LogP contribution in [0, 0.1) is 6.92 Å². The van der Waals surface area contributed by atoms with Crippen LogP contribution in [0.4, 0.5) is 28.4 Å². The van der Waals surface area contributed by atoms with Gasteiger partial charge in [-0.15, -0.1) is 0 Å². The maximum atomic E-state index is 13.2. The molecule has 1 aliphatic carbocycles. The lowest BCUT2D eigenvalue weighted by Gasteiger charge is -2.39. The van der Waals surface area contributed by atoms with Gasteiger partial charge in [0.2, 0.25) is 0 Å². The van der Waals surface area contributed by atoms with E-state index < -0.39 is 11.0 Å². The van der Waals surface area contributed by atoms with Crippen molar-refractivity contribution in [3.63, 3.8) is 0 Å². The molecule has 1 atom stereocenters. The highest BCUT2D eigenvalue weighted by Gasteiger charge is 2.40. The van der Waals surface area contributed by atoms with Crippen LogP contribution in [0.1, 0.15) is 80.1 Å². The summed E-state index contributed by atoms with van der Waals surface area (Å²) in [5.74, 6) is 4.53. The fourth-order valence-corrected chi connectivity index (χ4v) is 11.4. The van der Waals surface area contributed by atoms with E-state index in [4.69, 9.17) is 18.9 Å². The number of nitrogens with zero attached hydrogens (tertiary/aromatic N) is 2. The number of aldehydes is 1. The summed E-state index contributed by atoms with van der Waals surface area (Å²) in [6.07, 6.45) is 13.3. The third-order valence-electron chi connectivity index (χ3n) is 15.6. The van der Waals surface area contributed by atoms with Gasteiger partial charge in [-0.05, 0) is 186 Å². The van der Waals surface area contributed by atoms with Crippen molar-refractivity contribution in [2.24, 2.45) is 0 Å². The predicted molar refractivity (Wildman–Crippen MR) is 326 cm³/mol. The third-order valence-corrected chi connectivity index (χ3v) is 15.6. The second-order valence-corrected chi connectivity index (χ2v) is 21.3. The molecule has 1 unspecified atom stereocenters. The van der Waals surface area contributed by atoms with Gasteiger partial charge in [0.15, 0.2) is 40.1 Å². The molecule has 394 valence electrons. The molecule has 80 heavy (non-hydrogen) atoms. The van der Waals surface area contributed by atoms with Gasteiger partial charge >= 0.3 is 0 Å². The second-order valence-electron chi connectivity index (χ2n) is 21.3. The van der Waals surface area contributed by atoms with Crippen LogP contribution >= 0.6 is 0 Å². The van der Waals surface area contributed by atoms with Gasteiger partial charge in [0, 0.05) is 52.3 Å². The normalized spacial score (nSPS) is 15.3. The summed E-state index contributed by atoms with van der Waals surface area (Å²) in [5, 5.41) is 0. The van der Waals surface area contributed by atoms with Gasteiger partial charge in [-0.2, -0.15) is 0 Å². The van der Waals surface area contributed by atoms with E-state index in [1.165, 1.54) is 11.1 Å². The summed E-state index contributed by atoms with van der Waals surface area (Å²) in [6.45, 7) is 12.8. The van der Waals surface area contributed by atoms with Crippen molar-refractivity contribution >= 4 is 40.3 Å².